The predicted octanol–water partition coefficient (Wildman–Crippen LogP) is 3.77. The van der Waals surface area contributed by atoms with Gasteiger partial charge in [0, 0.05) is 11.1 Å². The zero-order valence-electron chi connectivity index (χ0n) is 10.2. The number of halogens is 1. The van der Waals surface area contributed by atoms with Gasteiger partial charge in [-0.25, -0.2) is 0 Å². The van der Waals surface area contributed by atoms with Crippen LogP contribution in [0.25, 0.3) is 0 Å². The Kier molecular flexibility index (Phi) is 3.35. The van der Waals surface area contributed by atoms with Gasteiger partial charge in [-0.2, -0.15) is 0 Å². The van der Waals surface area contributed by atoms with Crippen LogP contribution in [0, 0.1) is 0 Å². The molecule has 0 spiro atoms. The number of hydrogen-bond donors (Lipinski definition) is 1. The molecule has 2 aromatic rings. The van der Waals surface area contributed by atoms with Crippen LogP contribution in [0.4, 0.5) is 0 Å². The lowest BCUT2D eigenvalue weighted by Crippen LogP contribution is -2.31. The molecule has 0 saturated carbocycles. The molecule has 1 atom stereocenters. The summed E-state index contributed by atoms with van der Waals surface area (Å²) in [4.78, 5) is 0. The fourth-order valence-electron chi connectivity index (χ4n) is 2.64. The molecule has 1 nitrogen and oxygen atoms in total. The van der Waals surface area contributed by atoms with E-state index in [2.05, 4.69) is 47.8 Å². The molecule has 1 aliphatic heterocycles. The van der Waals surface area contributed by atoms with Gasteiger partial charge >= 0.3 is 0 Å². The van der Waals surface area contributed by atoms with Crippen molar-refractivity contribution in [2.24, 2.45) is 0 Å². The van der Waals surface area contributed by atoms with E-state index in [9.17, 15) is 0 Å². The highest BCUT2D eigenvalue weighted by Crippen LogP contribution is 2.28. The molecule has 3 rings (SSSR count). The van der Waals surface area contributed by atoms with Crippen molar-refractivity contribution in [1.82, 2.24) is 5.32 Å². The topological polar surface area (TPSA) is 12.0 Å². The maximum atomic E-state index is 6.12. The van der Waals surface area contributed by atoms with Gasteiger partial charge in [0.1, 0.15) is 0 Å². The Morgan fingerprint density at radius 1 is 1.11 bits per heavy atom. The summed E-state index contributed by atoms with van der Waals surface area (Å²) in [6.07, 6.45) is 2.12. The third-order valence-corrected chi connectivity index (χ3v) is 3.79. The average Bonchev–Trinajstić information content (AvgIpc) is 2.41. The molecule has 0 aliphatic carbocycles. The summed E-state index contributed by atoms with van der Waals surface area (Å²) in [5, 5.41) is 4.42. The third kappa shape index (κ3) is 2.43. The number of benzene rings is 2. The van der Waals surface area contributed by atoms with Gasteiger partial charge in [0.15, 0.2) is 0 Å². The van der Waals surface area contributed by atoms with Crippen LogP contribution in [0.1, 0.15) is 22.7 Å². The van der Waals surface area contributed by atoms with Crippen molar-refractivity contribution in [3.63, 3.8) is 0 Å². The van der Waals surface area contributed by atoms with Crippen LogP contribution in [0.5, 0.6) is 0 Å². The van der Waals surface area contributed by atoms with Gasteiger partial charge in [0.25, 0.3) is 0 Å². The van der Waals surface area contributed by atoms with Crippen molar-refractivity contribution in [2.75, 3.05) is 6.54 Å². The first kappa shape index (κ1) is 11.8. The molecule has 0 aromatic heterocycles. The zero-order valence-corrected chi connectivity index (χ0v) is 11.0. The van der Waals surface area contributed by atoms with Gasteiger partial charge < -0.3 is 5.32 Å². The fraction of sp³-hybridized carbons (Fsp3) is 0.250. The molecule has 2 aromatic carbocycles. The molecule has 1 aliphatic rings. The predicted molar refractivity (Wildman–Crippen MR) is 76.0 cm³/mol. The van der Waals surface area contributed by atoms with Gasteiger partial charge in [-0.05, 0) is 48.2 Å². The van der Waals surface area contributed by atoms with Crippen LogP contribution in [-0.2, 0) is 12.8 Å². The largest absolute Gasteiger partial charge is 0.309 e. The van der Waals surface area contributed by atoms with Crippen molar-refractivity contribution in [1.29, 1.82) is 0 Å². The van der Waals surface area contributed by atoms with Gasteiger partial charge in [-0.1, -0.05) is 48.0 Å². The van der Waals surface area contributed by atoms with Crippen molar-refractivity contribution in [3.05, 3.63) is 70.2 Å². The Balaban J connectivity index is 1.89. The molecule has 2 heteroatoms. The van der Waals surface area contributed by atoms with Gasteiger partial charge in [0.2, 0.25) is 0 Å². The lowest BCUT2D eigenvalue weighted by Gasteiger charge is -2.27. The van der Waals surface area contributed by atoms with E-state index in [1.165, 1.54) is 16.7 Å². The molecular formula is C16H16ClN. The molecule has 1 unspecified atom stereocenters. The van der Waals surface area contributed by atoms with E-state index in [4.69, 9.17) is 11.6 Å². The normalized spacial score (nSPS) is 18.4. The SMILES string of the molecule is Clc1ccc2c(c1)C(Cc1ccccc1)NCC2. The van der Waals surface area contributed by atoms with E-state index in [-0.39, 0.29) is 0 Å². The van der Waals surface area contributed by atoms with Crippen molar-refractivity contribution in [2.45, 2.75) is 18.9 Å². The standard InChI is InChI=1S/C16H16ClN/c17-14-7-6-13-8-9-18-16(15(13)11-14)10-12-4-2-1-3-5-12/h1-7,11,16,18H,8-10H2. The smallest absolute Gasteiger partial charge is 0.0409 e. The van der Waals surface area contributed by atoms with E-state index in [0.29, 0.717) is 6.04 Å². The molecule has 18 heavy (non-hydrogen) atoms. The summed E-state index contributed by atoms with van der Waals surface area (Å²) in [5.41, 5.74) is 4.15. The lowest BCUT2D eigenvalue weighted by atomic mass is 9.90. The van der Waals surface area contributed by atoms with Crippen molar-refractivity contribution < 1.29 is 0 Å². The Morgan fingerprint density at radius 3 is 2.78 bits per heavy atom. The number of fused-ring (bicyclic) bond motifs is 1. The van der Waals surface area contributed by atoms with Crippen LogP contribution in [0.3, 0.4) is 0 Å². The minimum atomic E-state index is 0.384. The Bertz CT molecular complexity index is 536. The van der Waals surface area contributed by atoms with Crippen LogP contribution >= 0.6 is 11.6 Å². The van der Waals surface area contributed by atoms with Gasteiger partial charge in [-0.15, -0.1) is 0 Å². The van der Waals surface area contributed by atoms with Crippen LogP contribution < -0.4 is 5.32 Å². The Morgan fingerprint density at radius 2 is 1.94 bits per heavy atom. The van der Waals surface area contributed by atoms with E-state index < -0.39 is 0 Å². The molecular weight excluding hydrogens is 242 g/mol. The van der Waals surface area contributed by atoms with E-state index in [1.54, 1.807) is 0 Å². The second-order valence-electron chi connectivity index (χ2n) is 4.79. The van der Waals surface area contributed by atoms with E-state index in [0.717, 1.165) is 24.4 Å². The fourth-order valence-corrected chi connectivity index (χ4v) is 2.82. The van der Waals surface area contributed by atoms with Crippen LogP contribution in [0.15, 0.2) is 48.5 Å². The average molecular weight is 258 g/mol. The maximum Gasteiger partial charge on any atom is 0.0409 e. The minimum Gasteiger partial charge on any atom is -0.309 e. The van der Waals surface area contributed by atoms with Gasteiger partial charge in [0.05, 0.1) is 0 Å². The minimum absolute atomic E-state index is 0.384. The second kappa shape index (κ2) is 5.13. The van der Waals surface area contributed by atoms with Crippen LogP contribution in [-0.4, -0.2) is 6.54 Å². The first-order valence-electron chi connectivity index (χ1n) is 6.38. The summed E-state index contributed by atoms with van der Waals surface area (Å²) in [6, 6.07) is 17.3. The summed E-state index contributed by atoms with van der Waals surface area (Å²) in [6.45, 7) is 1.05. The highest BCUT2D eigenvalue weighted by Gasteiger charge is 2.19. The van der Waals surface area contributed by atoms with Crippen LogP contribution in [0.2, 0.25) is 5.02 Å². The second-order valence-corrected chi connectivity index (χ2v) is 5.23. The Hall–Kier alpha value is -1.31. The molecule has 1 N–H and O–H groups in total. The maximum absolute atomic E-state index is 6.12. The third-order valence-electron chi connectivity index (χ3n) is 3.55. The summed E-state index contributed by atoms with van der Waals surface area (Å²) in [5.74, 6) is 0. The molecule has 0 saturated heterocycles. The summed E-state index contributed by atoms with van der Waals surface area (Å²) < 4.78 is 0. The Labute approximate surface area is 113 Å². The highest BCUT2D eigenvalue weighted by molar-refractivity contribution is 6.30. The first-order chi connectivity index (χ1) is 8.83. The summed E-state index contributed by atoms with van der Waals surface area (Å²) in [7, 11) is 0. The van der Waals surface area contributed by atoms with E-state index >= 15 is 0 Å². The first-order valence-corrected chi connectivity index (χ1v) is 6.76. The van der Waals surface area contributed by atoms with Crippen molar-refractivity contribution in [3.8, 4) is 0 Å². The van der Waals surface area contributed by atoms with Gasteiger partial charge in [-0.3, -0.25) is 0 Å². The quantitative estimate of drug-likeness (QED) is 0.864. The summed E-state index contributed by atoms with van der Waals surface area (Å²) >= 11 is 6.12. The number of rotatable bonds is 2. The number of hydrogen-bond acceptors (Lipinski definition) is 1. The zero-order chi connectivity index (χ0) is 12.4. The molecule has 92 valence electrons. The number of nitrogens with one attached hydrogen (secondary N) is 1. The highest BCUT2D eigenvalue weighted by atomic mass is 35.5. The molecule has 0 fully saturated rings. The van der Waals surface area contributed by atoms with Crippen molar-refractivity contribution >= 4 is 11.6 Å². The van der Waals surface area contributed by atoms with E-state index in [1.807, 2.05) is 6.07 Å². The molecule has 0 bridgehead atoms. The molecule has 0 radical (unpaired) electrons. The monoisotopic (exact) mass is 257 g/mol. The molecule has 1 heterocycles. The lowest BCUT2D eigenvalue weighted by molar-refractivity contribution is 0.502. The molecule has 0 amide bonds.